The van der Waals surface area contributed by atoms with Gasteiger partial charge >= 0.3 is 11.8 Å². The fourth-order valence-corrected chi connectivity index (χ4v) is 2.16. The molecule has 2 amide bonds. The van der Waals surface area contributed by atoms with E-state index in [0.29, 0.717) is 36.1 Å². The SMILES string of the molecule is CCOC(CCNC(=O)C(=O)Nc1ccc(OC)c(Cl)c1)OCC. The average molecular weight is 359 g/mol. The number of carbonyl (C=O) groups excluding carboxylic acids is 2. The van der Waals surface area contributed by atoms with Crippen LogP contribution >= 0.6 is 11.6 Å². The third-order valence-corrected chi connectivity index (χ3v) is 3.28. The Morgan fingerprint density at radius 3 is 2.38 bits per heavy atom. The molecule has 8 heteroatoms. The summed E-state index contributed by atoms with van der Waals surface area (Å²) in [5.41, 5.74) is 0.405. The second-order valence-electron chi connectivity index (χ2n) is 4.69. The highest BCUT2D eigenvalue weighted by Gasteiger charge is 2.15. The molecule has 0 bridgehead atoms. The van der Waals surface area contributed by atoms with E-state index in [1.807, 2.05) is 13.8 Å². The number of nitrogens with one attached hydrogen (secondary N) is 2. The van der Waals surface area contributed by atoms with Gasteiger partial charge in [0.05, 0.1) is 12.1 Å². The number of benzene rings is 1. The van der Waals surface area contributed by atoms with Crippen molar-refractivity contribution in [3.63, 3.8) is 0 Å². The quantitative estimate of drug-likeness (QED) is 0.522. The molecule has 0 aromatic heterocycles. The van der Waals surface area contributed by atoms with Crippen LogP contribution in [0.15, 0.2) is 18.2 Å². The van der Waals surface area contributed by atoms with Crippen LogP contribution in [0, 0.1) is 0 Å². The maximum Gasteiger partial charge on any atom is 0.313 e. The zero-order valence-electron chi connectivity index (χ0n) is 14.1. The smallest absolute Gasteiger partial charge is 0.313 e. The Kier molecular flexibility index (Phi) is 9.14. The molecular formula is C16H23ClN2O5. The van der Waals surface area contributed by atoms with Crippen LogP contribution in [-0.2, 0) is 19.1 Å². The Labute approximate surface area is 146 Å². The minimum atomic E-state index is -0.777. The van der Waals surface area contributed by atoms with Crippen molar-refractivity contribution in [2.75, 3.05) is 32.2 Å². The van der Waals surface area contributed by atoms with Crippen molar-refractivity contribution in [1.82, 2.24) is 5.32 Å². The molecule has 0 aliphatic heterocycles. The van der Waals surface area contributed by atoms with Crippen molar-refractivity contribution in [3.05, 3.63) is 23.2 Å². The first-order valence-electron chi connectivity index (χ1n) is 7.67. The van der Waals surface area contributed by atoms with Crippen LogP contribution in [0.2, 0.25) is 5.02 Å². The van der Waals surface area contributed by atoms with Crippen LogP contribution in [0.25, 0.3) is 0 Å². The summed E-state index contributed by atoms with van der Waals surface area (Å²) in [7, 11) is 1.49. The first-order valence-corrected chi connectivity index (χ1v) is 8.05. The zero-order chi connectivity index (χ0) is 17.9. The molecule has 0 unspecified atom stereocenters. The van der Waals surface area contributed by atoms with Crippen molar-refractivity contribution in [3.8, 4) is 5.75 Å². The first-order chi connectivity index (χ1) is 11.5. The van der Waals surface area contributed by atoms with E-state index < -0.39 is 18.1 Å². The van der Waals surface area contributed by atoms with Gasteiger partial charge in [-0.05, 0) is 32.0 Å². The monoisotopic (exact) mass is 358 g/mol. The fraction of sp³-hybridized carbons (Fsp3) is 0.500. The molecule has 0 aliphatic rings. The topological polar surface area (TPSA) is 85.9 Å². The fourth-order valence-electron chi connectivity index (χ4n) is 1.90. The first kappa shape index (κ1) is 20.2. The highest BCUT2D eigenvalue weighted by Crippen LogP contribution is 2.27. The molecule has 2 N–H and O–H groups in total. The number of rotatable bonds is 9. The number of methoxy groups -OCH3 is 1. The van der Waals surface area contributed by atoms with Crippen LogP contribution in [0.4, 0.5) is 5.69 Å². The van der Waals surface area contributed by atoms with Crippen molar-refractivity contribution in [2.45, 2.75) is 26.6 Å². The lowest BCUT2D eigenvalue weighted by Gasteiger charge is -2.16. The lowest BCUT2D eigenvalue weighted by molar-refractivity contribution is -0.142. The number of anilines is 1. The maximum absolute atomic E-state index is 11.8. The Morgan fingerprint density at radius 2 is 1.83 bits per heavy atom. The average Bonchev–Trinajstić information content (AvgIpc) is 2.55. The van der Waals surface area contributed by atoms with Crippen LogP contribution in [-0.4, -0.2) is 45.0 Å². The van der Waals surface area contributed by atoms with Crippen molar-refractivity contribution >= 4 is 29.1 Å². The van der Waals surface area contributed by atoms with Gasteiger partial charge in [0.2, 0.25) is 0 Å². The zero-order valence-corrected chi connectivity index (χ0v) is 14.8. The third kappa shape index (κ3) is 6.74. The predicted molar refractivity (Wildman–Crippen MR) is 91.3 cm³/mol. The van der Waals surface area contributed by atoms with Gasteiger partial charge in [0.25, 0.3) is 0 Å². The molecule has 0 radical (unpaired) electrons. The summed E-state index contributed by atoms with van der Waals surface area (Å²) in [6.45, 7) is 5.00. The van der Waals surface area contributed by atoms with Gasteiger partial charge in [0.1, 0.15) is 5.75 Å². The molecule has 7 nitrogen and oxygen atoms in total. The Morgan fingerprint density at radius 1 is 1.17 bits per heavy atom. The van der Waals surface area contributed by atoms with Crippen LogP contribution in [0.1, 0.15) is 20.3 Å². The molecule has 0 aliphatic carbocycles. The highest BCUT2D eigenvalue weighted by atomic mass is 35.5. The van der Waals surface area contributed by atoms with Crippen LogP contribution < -0.4 is 15.4 Å². The molecule has 0 saturated carbocycles. The summed E-state index contributed by atoms with van der Waals surface area (Å²) in [5.74, 6) is -1.04. The molecule has 1 aromatic carbocycles. The van der Waals surface area contributed by atoms with Gasteiger partial charge in [-0.3, -0.25) is 9.59 Å². The Bertz CT molecular complexity index is 547. The minimum Gasteiger partial charge on any atom is -0.495 e. The van der Waals surface area contributed by atoms with Gasteiger partial charge < -0.3 is 24.8 Å². The van der Waals surface area contributed by atoms with E-state index in [0.717, 1.165) is 0 Å². The highest BCUT2D eigenvalue weighted by molar-refractivity contribution is 6.40. The van der Waals surface area contributed by atoms with Crippen molar-refractivity contribution in [2.24, 2.45) is 0 Å². The number of ether oxygens (including phenoxy) is 3. The van der Waals surface area contributed by atoms with Gasteiger partial charge in [0, 0.05) is 31.9 Å². The summed E-state index contributed by atoms with van der Waals surface area (Å²) < 4.78 is 15.7. The predicted octanol–water partition coefficient (Wildman–Crippen LogP) is 2.19. The molecule has 0 heterocycles. The van der Waals surface area contributed by atoms with Crippen LogP contribution in [0.3, 0.4) is 0 Å². The van der Waals surface area contributed by atoms with E-state index in [1.165, 1.54) is 13.2 Å². The van der Waals surface area contributed by atoms with E-state index in [-0.39, 0.29) is 6.54 Å². The van der Waals surface area contributed by atoms with Crippen LogP contribution in [0.5, 0.6) is 5.75 Å². The summed E-state index contributed by atoms with van der Waals surface area (Å²) >= 11 is 5.97. The number of hydrogen-bond acceptors (Lipinski definition) is 5. The van der Waals surface area contributed by atoms with Crippen molar-refractivity contribution in [1.29, 1.82) is 0 Å². The van der Waals surface area contributed by atoms with Gasteiger partial charge in [-0.2, -0.15) is 0 Å². The number of amides is 2. The molecule has 0 fully saturated rings. The molecule has 1 aromatic rings. The third-order valence-electron chi connectivity index (χ3n) is 2.99. The van der Waals surface area contributed by atoms with Gasteiger partial charge in [-0.15, -0.1) is 0 Å². The molecule has 0 spiro atoms. The van der Waals surface area contributed by atoms with Gasteiger partial charge in [-0.1, -0.05) is 11.6 Å². The normalized spacial score (nSPS) is 10.5. The maximum atomic E-state index is 11.8. The molecule has 0 saturated heterocycles. The summed E-state index contributed by atoms with van der Waals surface area (Å²) in [5, 5.41) is 5.33. The van der Waals surface area contributed by atoms with E-state index >= 15 is 0 Å². The van der Waals surface area contributed by atoms with Gasteiger partial charge in [0.15, 0.2) is 6.29 Å². The molecular weight excluding hydrogens is 336 g/mol. The number of hydrogen-bond donors (Lipinski definition) is 2. The molecule has 134 valence electrons. The van der Waals surface area contributed by atoms with E-state index in [9.17, 15) is 9.59 Å². The lowest BCUT2D eigenvalue weighted by atomic mass is 10.3. The minimum absolute atomic E-state index is 0.264. The standard InChI is InChI=1S/C16H23ClN2O5/c1-4-23-14(24-5-2)8-9-18-15(20)16(21)19-11-6-7-13(22-3)12(17)10-11/h6-7,10,14H,4-5,8-9H2,1-3H3,(H,18,20)(H,19,21). The van der Waals surface area contributed by atoms with Crippen molar-refractivity contribution < 1.29 is 23.8 Å². The second kappa shape index (κ2) is 10.9. The Hall–Kier alpha value is -1.83. The second-order valence-corrected chi connectivity index (χ2v) is 5.10. The van der Waals surface area contributed by atoms with E-state index in [2.05, 4.69) is 10.6 Å². The van der Waals surface area contributed by atoms with Gasteiger partial charge in [-0.25, -0.2) is 0 Å². The van der Waals surface area contributed by atoms with E-state index in [1.54, 1.807) is 12.1 Å². The lowest BCUT2D eigenvalue weighted by Crippen LogP contribution is -2.37. The van der Waals surface area contributed by atoms with E-state index in [4.69, 9.17) is 25.8 Å². The summed E-state index contributed by atoms with van der Waals surface area (Å²) in [6, 6.07) is 4.70. The molecule has 1 rings (SSSR count). The summed E-state index contributed by atoms with van der Waals surface area (Å²) in [6.07, 6.45) is 0.0541. The number of carbonyl (C=O) groups is 2. The summed E-state index contributed by atoms with van der Waals surface area (Å²) in [4.78, 5) is 23.6. The number of halogens is 1. The largest absolute Gasteiger partial charge is 0.495 e. The Balaban J connectivity index is 2.44. The molecule has 0 atom stereocenters. The molecule has 24 heavy (non-hydrogen) atoms.